The largest absolute Gasteiger partial charge is 0.497 e. The van der Waals surface area contributed by atoms with Crippen LogP contribution in [0.1, 0.15) is 20.7 Å². The first-order valence-corrected chi connectivity index (χ1v) is 10.9. The van der Waals surface area contributed by atoms with Crippen LogP contribution in [0.5, 0.6) is 5.75 Å². The maximum Gasteiger partial charge on any atom is 0.353 e. The van der Waals surface area contributed by atoms with Gasteiger partial charge in [0.25, 0.3) is 0 Å². The number of nitro groups is 1. The fourth-order valence-corrected chi connectivity index (χ4v) is 4.12. The van der Waals surface area contributed by atoms with E-state index < -0.39 is 22.5 Å². The summed E-state index contributed by atoms with van der Waals surface area (Å²) in [5, 5.41) is 18.0. The highest BCUT2D eigenvalue weighted by molar-refractivity contribution is 7.22. The monoisotopic (exact) mass is 510 g/mol. The smallest absolute Gasteiger partial charge is 0.353 e. The van der Waals surface area contributed by atoms with E-state index in [1.165, 1.54) is 43.8 Å². The maximum absolute atomic E-state index is 12.1. The molecule has 4 aromatic rings. The molecule has 0 spiro atoms. The van der Waals surface area contributed by atoms with Crippen molar-refractivity contribution in [3.05, 3.63) is 64.0 Å². The summed E-state index contributed by atoms with van der Waals surface area (Å²) in [7, 11) is 3.92. The number of anilines is 4. The molecule has 0 fully saturated rings. The van der Waals surface area contributed by atoms with Crippen molar-refractivity contribution in [2.75, 3.05) is 32.0 Å². The van der Waals surface area contributed by atoms with Gasteiger partial charge in [0.1, 0.15) is 12.1 Å². The SMILES string of the molecule is COC(=O)c1cc(Nc2ncnc(Nc3nc4ccc(OC)cc4s3)c2[N+](=O)[O-])cc(C(=O)OC)c1. The minimum Gasteiger partial charge on any atom is -0.497 e. The van der Waals surface area contributed by atoms with Gasteiger partial charge in [0.15, 0.2) is 5.13 Å². The normalized spacial score (nSPS) is 10.5. The predicted molar refractivity (Wildman–Crippen MR) is 131 cm³/mol. The third-order valence-electron chi connectivity index (χ3n) is 4.86. The summed E-state index contributed by atoms with van der Waals surface area (Å²) in [6.45, 7) is 0. The number of hydrogen-bond donors (Lipinski definition) is 2. The second-order valence-electron chi connectivity index (χ2n) is 7.06. The maximum atomic E-state index is 12.1. The summed E-state index contributed by atoms with van der Waals surface area (Å²) in [5.74, 6) is -1.07. The van der Waals surface area contributed by atoms with Crippen LogP contribution in [0, 0.1) is 10.1 Å². The van der Waals surface area contributed by atoms with Gasteiger partial charge in [0.2, 0.25) is 11.6 Å². The van der Waals surface area contributed by atoms with Gasteiger partial charge < -0.3 is 24.8 Å². The number of aromatic nitrogens is 3. The summed E-state index contributed by atoms with van der Waals surface area (Å²) in [5.41, 5.74) is 0.426. The Bertz CT molecular complexity index is 1460. The van der Waals surface area contributed by atoms with Crippen LogP contribution in [0.2, 0.25) is 0 Å². The molecule has 2 N–H and O–H groups in total. The fourth-order valence-electron chi connectivity index (χ4n) is 3.23. The Labute approximate surface area is 207 Å². The standard InChI is InChI=1S/C22H18N6O7S/c1-33-14-4-5-15-16(9-14)36-22(26-15)27-19-17(28(31)32)18(23-10-24-19)25-13-7-11(20(29)34-2)6-12(8-13)21(30)35-3/h4-10H,1-3H3,(H2,23,24,25,26,27). The lowest BCUT2D eigenvalue weighted by Crippen LogP contribution is -2.09. The van der Waals surface area contributed by atoms with E-state index in [4.69, 9.17) is 14.2 Å². The minimum atomic E-state index is -0.712. The van der Waals surface area contributed by atoms with Gasteiger partial charge >= 0.3 is 17.6 Å². The average Bonchev–Trinajstić information content (AvgIpc) is 3.28. The molecule has 0 aliphatic rings. The number of carbonyl (C=O) groups excluding carboxylic acids is 2. The van der Waals surface area contributed by atoms with Gasteiger partial charge in [0, 0.05) is 5.69 Å². The summed E-state index contributed by atoms with van der Waals surface area (Å²) < 4.78 is 15.5. The van der Waals surface area contributed by atoms with Crippen molar-refractivity contribution in [3.8, 4) is 5.75 Å². The molecule has 0 bridgehead atoms. The number of hydrogen-bond acceptors (Lipinski definition) is 13. The summed E-state index contributed by atoms with van der Waals surface area (Å²) >= 11 is 1.26. The van der Waals surface area contributed by atoms with Crippen molar-refractivity contribution < 1.29 is 28.7 Å². The van der Waals surface area contributed by atoms with E-state index in [2.05, 4.69) is 25.6 Å². The first kappa shape index (κ1) is 24.3. The Morgan fingerprint density at radius 2 is 1.58 bits per heavy atom. The van der Waals surface area contributed by atoms with Crippen LogP contribution in [0.3, 0.4) is 0 Å². The molecule has 0 radical (unpaired) electrons. The lowest BCUT2D eigenvalue weighted by atomic mass is 10.1. The Morgan fingerprint density at radius 3 is 2.17 bits per heavy atom. The van der Waals surface area contributed by atoms with Gasteiger partial charge in [-0.05, 0) is 36.4 Å². The van der Waals surface area contributed by atoms with Crippen LogP contribution in [0.25, 0.3) is 10.2 Å². The quantitative estimate of drug-likeness (QED) is 0.198. The van der Waals surface area contributed by atoms with Crippen LogP contribution in [-0.2, 0) is 9.47 Å². The van der Waals surface area contributed by atoms with Crippen molar-refractivity contribution in [3.63, 3.8) is 0 Å². The first-order valence-electron chi connectivity index (χ1n) is 10.1. The summed E-state index contributed by atoms with van der Waals surface area (Å²) in [4.78, 5) is 47.9. The van der Waals surface area contributed by atoms with Gasteiger partial charge in [-0.1, -0.05) is 11.3 Å². The number of esters is 2. The van der Waals surface area contributed by atoms with Gasteiger partial charge in [-0.3, -0.25) is 10.1 Å². The molecule has 0 aliphatic carbocycles. The number of ether oxygens (including phenoxy) is 3. The lowest BCUT2D eigenvalue weighted by Gasteiger charge is -2.11. The Hall–Kier alpha value is -4.85. The van der Waals surface area contributed by atoms with E-state index in [0.29, 0.717) is 16.4 Å². The molecule has 0 atom stereocenters. The topological polar surface area (TPSA) is 168 Å². The highest BCUT2D eigenvalue weighted by atomic mass is 32.1. The molecule has 2 aromatic heterocycles. The van der Waals surface area contributed by atoms with Gasteiger partial charge in [-0.15, -0.1) is 0 Å². The van der Waals surface area contributed by atoms with E-state index in [1.807, 2.05) is 0 Å². The van der Waals surface area contributed by atoms with Gasteiger partial charge in [0.05, 0.1) is 47.6 Å². The molecule has 0 aliphatic heterocycles. The van der Waals surface area contributed by atoms with E-state index >= 15 is 0 Å². The third kappa shape index (κ3) is 4.97. The Balaban J connectivity index is 1.72. The number of nitrogens with one attached hydrogen (secondary N) is 2. The minimum absolute atomic E-state index is 0.0304. The average molecular weight is 510 g/mol. The van der Waals surface area contributed by atoms with Crippen LogP contribution in [-0.4, -0.2) is 53.1 Å². The molecule has 2 heterocycles. The molecule has 0 saturated carbocycles. The molecule has 14 heteroatoms. The zero-order valence-electron chi connectivity index (χ0n) is 19.1. The predicted octanol–water partition coefficient (Wildman–Crippen LogP) is 4.06. The van der Waals surface area contributed by atoms with Gasteiger partial charge in [-0.2, -0.15) is 0 Å². The number of methoxy groups -OCH3 is 3. The molecule has 0 unspecified atom stereocenters. The van der Waals surface area contributed by atoms with Crippen LogP contribution < -0.4 is 15.4 Å². The second-order valence-corrected chi connectivity index (χ2v) is 8.09. The number of rotatable bonds is 8. The third-order valence-corrected chi connectivity index (χ3v) is 5.80. The highest BCUT2D eigenvalue weighted by Gasteiger charge is 2.25. The Kier molecular flexibility index (Phi) is 6.87. The number of benzene rings is 2. The zero-order valence-corrected chi connectivity index (χ0v) is 19.9. The van der Waals surface area contributed by atoms with Crippen molar-refractivity contribution in [1.82, 2.24) is 15.0 Å². The van der Waals surface area contributed by atoms with Crippen LogP contribution in [0.4, 0.5) is 28.1 Å². The molecular weight excluding hydrogens is 492 g/mol. The molecule has 0 saturated heterocycles. The summed E-state index contributed by atoms with van der Waals surface area (Å²) in [6.07, 6.45) is 1.12. The molecular formula is C22H18N6O7S. The zero-order chi connectivity index (χ0) is 25.8. The molecule has 184 valence electrons. The lowest BCUT2D eigenvalue weighted by molar-refractivity contribution is -0.383. The van der Waals surface area contributed by atoms with Crippen LogP contribution >= 0.6 is 11.3 Å². The first-order chi connectivity index (χ1) is 17.3. The van der Waals surface area contributed by atoms with Crippen molar-refractivity contribution in [1.29, 1.82) is 0 Å². The van der Waals surface area contributed by atoms with Crippen molar-refractivity contribution in [2.24, 2.45) is 0 Å². The molecule has 36 heavy (non-hydrogen) atoms. The summed E-state index contributed by atoms with van der Waals surface area (Å²) in [6, 6.07) is 9.33. The molecule has 4 rings (SSSR count). The molecule has 13 nitrogen and oxygen atoms in total. The van der Waals surface area contributed by atoms with E-state index in [-0.39, 0.29) is 28.5 Å². The van der Waals surface area contributed by atoms with Gasteiger partial charge in [-0.25, -0.2) is 24.5 Å². The molecule has 2 aromatic carbocycles. The Morgan fingerprint density at radius 1 is 0.944 bits per heavy atom. The fraction of sp³-hybridized carbons (Fsp3) is 0.136. The highest BCUT2D eigenvalue weighted by Crippen LogP contribution is 2.36. The van der Waals surface area contributed by atoms with Crippen LogP contribution in [0.15, 0.2) is 42.7 Å². The number of carbonyl (C=O) groups is 2. The number of thiazole rings is 1. The van der Waals surface area contributed by atoms with Crippen molar-refractivity contribution in [2.45, 2.75) is 0 Å². The second kappa shape index (κ2) is 10.2. The van der Waals surface area contributed by atoms with Crippen molar-refractivity contribution >= 4 is 61.6 Å². The molecule has 0 amide bonds. The van der Waals surface area contributed by atoms with E-state index in [1.54, 1.807) is 25.3 Å². The van der Waals surface area contributed by atoms with E-state index in [0.717, 1.165) is 11.0 Å². The number of nitrogens with zero attached hydrogens (tertiary/aromatic N) is 4. The number of fused-ring (bicyclic) bond motifs is 1. The van der Waals surface area contributed by atoms with E-state index in [9.17, 15) is 19.7 Å².